The normalized spacial score (nSPS) is 12.5. The number of nitrogens with one attached hydrogen (secondary N) is 1. The predicted octanol–water partition coefficient (Wildman–Crippen LogP) is 2.85. The van der Waals surface area contributed by atoms with Crippen molar-refractivity contribution in [3.8, 4) is 0 Å². The van der Waals surface area contributed by atoms with Crippen LogP contribution in [0.15, 0.2) is 22.7 Å². The first kappa shape index (κ1) is 13.8. The van der Waals surface area contributed by atoms with Crippen molar-refractivity contribution in [2.75, 3.05) is 0 Å². The molecule has 0 aliphatic rings. The molecule has 0 aliphatic heterocycles. The summed E-state index contributed by atoms with van der Waals surface area (Å²) in [4.78, 5) is 16.3. The molecule has 0 fully saturated rings. The van der Waals surface area contributed by atoms with Crippen molar-refractivity contribution in [3.63, 3.8) is 0 Å². The van der Waals surface area contributed by atoms with Crippen molar-refractivity contribution < 1.29 is 14.3 Å². The number of hydrogen-bond donors (Lipinski definition) is 2. The van der Waals surface area contributed by atoms with E-state index in [4.69, 9.17) is 9.52 Å². The maximum absolute atomic E-state index is 10.7. The number of carbonyl (C=O) groups is 1. The molecule has 2 aromatic heterocycles. The maximum atomic E-state index is 10.7. The number of rotatable bonds is 6. The van der Waals surface area contributed by atoms with E-state index in [0.29, 0.717) is 12.3 Å². The fourth-order valence-electron chi connectivity index (χ4n) is 1.62. The largest absolute Gasteiger partial charge is 0.475 e. The molecule has 5 nitrogen and oxygen atoms in total. The van der Waals surface area contributed by atoms with Gasteiger partial charge in [0.25, 0.3) is 0 Å². The number of aryl methyl sites for hydroxylation is 1. The van der Waals surface area contributed by atoms with E-state index in [2.05, 4.69) is 17.2 Å². The summed E-state index contributed by atoms with van der Waals surface area (Å²) in [6.45, 7) is 4.61. The molecule has 0 aliphatic carbocycles. The molecule has 0 bridgehead atoms. The molecule has 0 spiro atoms. The number of furan rings is 1. The second kappa shape index (κ2) is 5.99. The van der Waals surface area contributed by atoms with Gasteiger partial charge in [0.1, 0.15) is 10.8 Å². The van der Waals surface area contributed by atoms with E-state index >= 15 is 0 Å². The number of hydrogen-bond acceptors (Lipinski definition) is 5. The molecular formula is C13H16N2O3S. The Hall–Kier alpha value is -1.66. The van der Waals surface area contributed by atoms with Crippen molar-refractivity contribution >= 4 is 17.3 Å². The molecule has 2 rings (SSSR count). The Morgan fingerprint density at radius 1 is 1.58 bits per heavy atom. The van der Waals surface area contributed by atoms with E-state index in [1.165, 1.54) is 10.9 Å². The summed E-state index contributed by atoms with van der Waals surface area (Å²) in [6, 6.07) is 3.24. The van der Waals surface area contributed by atoms with Crippen LogP contribution in [-0.2, 0) is 13.0 Å². The van der Waals surface area contributed by atoms with Gasteiger partial charge < -0.3 is 14.8 Å². The molecule has 102 valence electrons. The lowest BCUT2D eigenvalue weighted by molar-refractivity contribution is 0.0660. The Labute approximate surface area is 115 Å². The average Bonchev–Trinajstić information content (AvgIpc) is 3.04. The van der Waals surface area contributed by atoms with Crippen LogP contribution in [0.25, 0.3) is 0 Å². The van der Waals surface area contributed by atoms with E-state index in [0.717, 1.165) is 11.4 Å². The Morgan fingerprint density at radius 3 is 2.95 bits per heavy atom. The molecule has 2 aromatic rings. The monoisotopic (exact) mass is 280 g/mol. The van der Waals surface area contributed by atoms with Gasteiger partial charge in [-0.2, -0.15) is 0 Å². The van der Waals surface area contributed by atoms with Crippen LogP contribution in [0.2, 0.25) is 0 Å². The molecule has 0 saturated heterocycles. The Bertz CT molecular complexity index is 562. The molecule has 0 amide bonds. The Kier molecular flexibility index (Phi) is 4.34. The van der Waals surface area contributed by atoms with Gasteiger partial charge in [0, 0.05) is 11.1 Å². The number of nitrogens with zero attached hydrogens (tertiary/aromatic N) is 1. The van der Waals surface area contributed by atoms with Crippen molar-refractivity contribution in [1.29, 1.82) is 0 Å². The first-order valence-corrected chi connectivity index (χ1v) is 6.91. The smallest absolute Gasteiger partial charge is 0.371 e. The van der Waals surface area contributed by atoms with Gasteiger partial charge in [0.2, 0.25) is 5.76 Å². The van der Waals surface area contributed by atoms with Gasteiger partial charge in [0.05, 0.1) is 12.6 Å². The van der Waals surface area contributed by atoms with Crippen molar-refractivity contribution in [2.24, 2.45) is 0 Å². The lowest BCUT2D eigenvalue weighted by atomic mass is 10.3. The quantitative estimate of drug-likeness (QED) is 0.851. The van der Waals surface area contributed by atoms with Gasteiger partial charge in [-0.3, -0.25) is 0 Å². The number of carboxylic acid groups (broad SMARTS) is 1. The topological polar surface area (TPSA) is 75.4 Å². The zero-order valence-electron chi connectivity index (χ0n) is 10.8. The highest BCUT2D eigenvalue weighted by Gasteiger charge is 2.12. The molecule has 0 radical (unpaired) electrons. The van der Waals surface area contributed by atoms with E-state index in [1.807, 2.05) is 13.1 Å². The fourth-order valence-corrected chi connectivity index (χ4v) is 2.50. The highest BCUT2D eigenvalue weighted by molar-refractivity contribution is 7.11. The van der Waals surface area contributed by atoms with Crippen molar-refractivity contribution in [3.05, 3.63) is 39.7 Å². The minimum Gasteiger partial charge on any atom is -0.475 e. The summed E-state index contributed by atoms with van der Waals surface area (Å²) < 4.78 is 5.18. The van der Waals surface area contributed by atoms with Crippen LogP contribution in [-0.4, -0.2) is 16.1 Å². The molecule has 1 unspecified atom stereocenters. The van der Waals surface area contributed by atoms with Gasteiger partial charge in [-0.15, -0.1) is 11.3 Å². The van der Waals surface area contributed by atoms with Crippen LogP contribution < -0.4 is 5.32 Å². The highest BCUT2D eigenvalue weighted by atomic mass is 32.1. The second-order valence-corrected chi connectivity index (χ2v) is 5.34. The summed E-state index contributed by atoms with van der Waals surface area (Å²) in [5, 5.41) is 13.1. The zero-order chi connectivity index (χ0) is 13.8. The second-order valence-electron chi connectivity index (χ2n) is 4.19. The zero-order valence-corrected chi connectivity index (χ0v) is 11.7. The van der Waals surface area contributed by atoms with Crippen LogP contribution in [0.4, 0.5) is 0 Å². The van der Waals surface area contributed by atoms with Gasteiger partial charge in [-0.05, 0) is 25.5 Å². The standard InChI is InChI=1S/C13H16N2O3S/c1-3-10-7-15-12(19-10)8(2)14-6-9-4-5-11(18-9)13(16)17/h4-5,7-8,14H,3,6H2,1-2H3,(H,16,17). The molecule has 19 heavy (non-hydrogen) atoms. The number of aromatic nitrogens is 1. The van der Waals surface area contributed by atoms with Crippen LogP contribution in [0.5, 0.6) is 0 Å². The molecule has 0 aromatic carbocycles. The number of aromatic carboxylic acids is 1. The third kappa shape index (κ3) is 3.42. The molecule has 6 heteroatoms. The van der Waals surface area contributed by atoms with Crippen LogP contribution in [0.3, 0.4) is 0 Å². The van der Waals surface area contributed by atoms with Gasteiger partial charge in [-0.25, -0.2) is 9.78 Å². The minimum atomic E-state index is -1.05. The lowest BCUT2D eigenvalue weighted by Crippen LogP contribution is -2.17. The summed E-state index contributed by atoms with van der Waals surface area (Å²) in [6.07, 6.45) is 2.89. The highest BCUT2D eigenvalue weighted by Crippen LogP contribution is 2.20. The molecule has 0 saturated carbocycles. The fraction of sp³-hybridized carbons (Fsp3) is 0.385. The number of thiazole rings is 1. The summed E-state index contributed by atoms with van der Waals surface area (Å²) in [7, 11) is 0. The van der Waals surface area contributed by atoms with Crippen molar-refractivity contribution in [1.82, 2.24) is 10.3 Å². The Balaban J connectivity index is 1.92. The first-order valence-electron chi connectivity index (χ1n) is 6.10. The Morgan fingerprint density at radius 2 is 2.37 bits per heavy atom. The van der Waals surface area contributed by atoms with Gasteiger partial charge >= 0.3 is 5.97 Å². The molecule has 1 atom stereocenters. The SMILES string of the molecule is CCc1cnc(C(C)NCc2ccc(C(=O)O)o2)s1. The van der Waals surface area contributed by atoms with Crippen LogP contribution >= 0.6 is 11.3 Å². The number of carboxylic acids is 1. The molecule has 2 heterocycles. The summed E-state index contributed by atoms with van der Waals surface area (Å²) in [5.74, 6) is -0.477. The summed E-state index contributed by atoms with van der Waals surface area (Å²) in [5.41, 5.74) is 0. The van der Waals surface area contributed by atoms with Gasteiger partial charge in [-0.1, -0.05) is 6.92 Å². The molecular weight excluding hydrogens is 264 g/mol. The van der Waals surface area contributed by atoms with Crippen molar-refractivity contribution in [2.45, 2.75) is 32.9 Å². The first-order chi connectivity index (χ1) is 9.10. The van der Waals surface area contributed by atoms with Crippen LogP contribution in [0.1, 0.15) is 46.1 Å². The lowest BCUT2D eigenvalue weighted by Gasteiger charge is -2.09. The summed E-state index contributed by atoms with van der Waals surface area (Å²) >= 11 is 1.69. The average molecular weight is 280 g/mol. The molecule has 2 N–H and O–H groups in total. The predicted molar refractivity (Wildman–Crippen MR) is 72.4 cm³/mol. The van der Waals surface area contributed by atoms with Gasteiger partial charge in [0.15, 0.2) is 0 Å². The third-order valence-electron chi connectivity index (χ3n) is 2.75. The third-order valence-corrected chi connectivity index (χ3v) is 4.07. The van der Waals surface area contributed by atoms with E-state index < -0.39 is 5.97 Å². The minimum absolute atomic E-state index is 0.0352. The maximum Gasteiger partial charge on any atom is 0.371 e. The van der Waals surface area contributed by atoms with E-state index in [-0.39, 0.29) is 11.8 Å². The van der Waals surface area contributed by atoms with E-state index in [1.54, 1.807) is 17.4 Å². The van der Waals surface area contributed by atoms with Crippen LogP contribution in [0, 0.1) is 0 Å². The van der Waals surface area contributed by atoms with E-state index in [9.17, 15) is 4.79 Å².